The molecule has 2 saturated heterocycles. The number of hydrogen-bond donors (Lipinski definition) is 0. The van der Waals surface area contributed by atoms with Gasteiger partial charge in [-0.3, -0.25) is 0 Å². The number of unbranched alkanes of at least 4 members (excludes halogenated alkanes) is 2. The van der Waals surface area contributed by atoms with Crippen LogP contribution in [-0.2, 0) is 35.3 Å². The van der Waals surface area contributed by atoms with E-state index in [1.165, 1.54) is 51.4 Å². The topological polar surface area (TPSA) is 46.7 Å². The summed E-state index contributed by atoms with van der Waals surface area (Å²) in [6.07, 6.45) is 9.93. The van der Waals surface area contributed by atoms with E-state index in [0.717, 1.165) is 50.9 Å². The van der Waals surface area contributed by atoms with Crippen molar-refractivity contribution in [2.45, 2.75) is 65.2 Å². The maximum atomic E-state index is 4.94. The van der Waals surface area contributed by atoms with Crippen molar-refractivity contribution in [2.75, 3.05) is 39.5 Å². The molecule has 0 radical (unpaired) electrons. The second-order valence-corrected chi connectivity index (χ2v) is 7.78. The smallest absolute Gasteiger partial charge is 1.00 e. The predicted molar refractivity (Wildman–Crippen MR) is 139 cm³/mol. The fourth-order valence-corrected chi connectivity index (χ4v) is 2.82. The minimum absolute atomic E-state index is 0. The van der Waals surface area contributed by atoms with Crippen LogP contribution in [0.2, 0.25) is 0 Å². The zero-order valence-electron chi connectivity index (χ0n) is 21.6. The largest absolute Gasteiger partial charge is 4.00 e. The van der Waals surface area contributed by atoms with Crippen molar-refractivity contribution in [1.82, 2.24) is 0 Å². The van der Waals surface area contributed by atoms with Crippen LogP contribution in [0.3, 0.4) is 0 Å². The Morgan fingerprint density at radius 3 is 1.11 bits per heavy atom. The average Bonchev–Trinajstić information content (AvgIpc) is 3.61. The molecule has 0 N–H and O–H groups in total. The van der Waals surface area contributed by atoms with E-state index < -0.39 is 0 Å². The number of hydrogen-bond acceptors (Lipinski definition) is 2. The van der Waals surface area contributed by atoms with Crippen molar-refractivity contribution in [3.8, 4) is 0 Å². The second kappa shape index (κ2) is 31.4. The van der Waals surface area contributed by atoms with Crippen LogP contribution in [0.15, 0.2) is 60.7 Å². The third-order valence-electron chi connectivity index (χ3n) is 4.78. The van der Waals surface area contributed by atoms with Crippen LogP contribution >= 0.6 is 0 Å². The summed E-state index contributed by atoms with van der Waals surface area (Å²) in [6.45, 7) is 10.3. The number of para-hydroxylation sites is 2. The molecular formula is C28H44Cl2HfN2O2. The average molecular weight is 690 g/mol. The standard InChI is InChI=1S/2C10H14N.2C4H8O.2ClH.Hf/c2*1-2-3-9-11-10-7-5-4-6-8-10;2*1-2-4-5-3-1;;;/h2*4-8H,2-3,9H2,1H3;2*1-4H2;2*1H;/q2*-1;;;;;+4/p-2. The summed E-state index contributed by atoms with van der Waals surface area (Å²) in [7, 11) is 0. The van der Waals surface area contributed by atoms with Crippen molar-refractivity contribution in [3.05, 3.63) is 71.3 Å². The monoisotopic (exact) mass is 690 g/mol. The summed E-state index contributed by atoms with van der Waals surface area (Å²) >= 11 is 0. The van der Waals surface area contributed by atoms with Crippen LogP contribution < -0.4 is 24.8 Å². The molecule has 2 aliphatic heterocycles. The van der Waals surface area contributed by atoms with Gasteiger partial charge in [-0.05, 0) is 25.7 Å². The van der Waals surface area contributed by atoms with E-state index in [0.29, 0.717) is 0 Å². The van der Waals surface area contributed by atoms with Crippen molar-refractivity contribution in [1.29, 1.82) is 0 Å². The van der Waals surface area contributed by atoms with Crippen molar-refractivity contribution >= 4 is 11.4 Å². The van der Waals surface area contributed by atoms with Gasteiger partial charge in [0.1, 0.15) is 0 Å². The van der Waals surface area contributed by atoms with Gasteiger partial charge in [-0.25, -0.2) is 0 Å². The summed E-state index contributed by atoms with van der Waals surface area (Å²) in [6, 6.07) is 20.2. The summed E-state index contributed by atoms with van der Waals surface area (Å²) in [4.78, 5) is 0. The molecule has 35 heavy (non-hydrogen) atoms. The first-order valence-electron chi connectivity index (χ1n) is 12.5. The van der Waals surface area contributed by atoms with Gasteiger partial charge in [0.05, 0.1) is 0 Å². The molecule has 4 nitrogen and oxygen atoms in total. The van der Waals surface area contributed by atoms with Crippen LogP contribution in [0.4, 0.5) is 11.4 Å². The molecule has 7 heteroatoms. The molecule has 0 unspecified atom stereocenters. The third-order valence-corrected chi connectivity index (χ3v) is 4.78. The fourth-order valence-electron chi connectivity index (χ4n) is 2.82. The van der Waals surface area contributed by atoms with E-state index in [1.54, 1.807) is 0 Å². The van der Waals surface area contributed by atoms with Crippen LogP contribution in [-0.4, -0.2) is 39.5 Å². The molecule has 2 heterocycles. The Kier molecular flexibility index (Phi) is 35.0. The molecule has 0 bridgehead atoms. The van der Waals surface area contributed by atoms with Crippen LogP contribution in [0.25, 0.3) is 10.6 Å². The van der Waals surface area contributed by atoms with E-state index in [-0.39, 0.29) is 50.7 Å². The first kappa shape index (κ1) is 38.9. The van der Waals surface area contributed by atoms with E-state index in [2.05, 4.69) is 24.5 Å². The molecule has 196 valence electrons. The van der Waals surface area contributed by atoms with Crippen molar-refractivity contribution < 1.29 is 60.1 Å². The molecule has 4 rings (SSSR count). The third kappa shape index (κ3) is 26.3. The van der Waals surface area contributed by atoms with Crippen LogP contribution in [0.5, 0.6) is 0 Å². The summed E-state index contributed by atoms with van der Waals surface area (Å²) < 4.78 is 9.89. The van der Waals surface area contributed by atoms with Gasteiger partial charge in [0.15, 0.2) is 0 Å². The molecule has 0 spiro atoms. The van der Waals surface area contributed by atoms with E-state index in [1.807, 2.05) is 60.7 Å². The number of halogens is 2. The molecule has 0 aromatic heterocycles. The van der Waals surface area contributed by atoms with Crippen LogP contribution in [0, 0.1) is 0 Å². The zero-order chi connectivity index (χ0) is 23.0. The minimum atomic E-state index is 0. The van der Waals surface area contributed by atoms with Gasteiger partial charge in [-0.1, -0.05) is 100 Å². The van der Waals surface area contributed by atoms with Gasteiger partial charge >= 0.3 is 25.8 Å². The normalized spacial score (nSPS) is 12.9. The first-order valence-corrected chi connectivity index (χ1v) is 12.5. The molecule has 0 aliphatic carbocycles. The minimum Gasteiger partial charge on any atom is -1.00 e. The SMILES string of the molecule is C1CCOC1.C1CCOC1.CCCC[N-]c1ccccc1.CCCC[N-]c1ccccc1.[Cl-].[Cl-].[Hf+4]. The van der Waals surface area contributed by atoms with E-state index in [9.17, 15) is 0 Å². The van der Waals surface area contributed by atoms with E-state index >= 15 is 0 Å². The molecule has 2 aromatic rings. The van der Waals surface area contributed by atoms with E-state index in [4.69, 9.17) is 9.47 Å². The Morgan fingerprint density at radius 2 is 0.886 bits per heavy atom. The number of ether oxygens (including phenoxy) is 2. The Labute approximate surface area is 246 Å². The summed E-state index contributed by atoms with van der Waals surface area (Å²) in [5.74, 6) is 0. The number of benzene rings is 2. The Morgan fingerprint density at radius 1 is 0.571 bits per heavy atom. The molecule has 0 saturated carbocycles. The quantitative estimate of drug-likeness (QED) is 0.316. The number of rotatable bonds is 8. The van der Waals surface area contributed by atoms with Gasteiger partial charge in [0, 0.05) is 26.4 Å². The van der Waals surface area contributed by atoms with Crippen molar-refractivity contribution in [2.24, 2.45) is 0 Å². The Hall–Kier alpha value is -0.590. The molecule has 2 aromatic carbocycles. The fraction of sp³-hybridized carbons (Fsp3) is 0.571. The summed E-state index contributed by atoms with van der Waals surface area (Å²) in [5, 5.41) is 8.79. The van der Waals surface area contributed by atoms with Crippen LogP contribution in [0.1, 0.15) is 65.2 Å². The first-order chi connectivity index (χ1) is 15.9. The maximum Gasteiger partial charge on any atom is 4.00 e. The molecule has 0 amide bonds. The van der Waals surface area contributed by atoms with Gasteiger partial charge in [0.2, 0.25) is 0 Å². The molecule has 0 atom stereocenters. The number of nitrogens with zero attached hydrogens (tertiary/aromatic N) is 2. The molecular weight excluding hydrogens is 646 g/mol. The van der Waals surface area contributed by atoms with Gasteiger partial charge in [0.25, 0.3) is 0 Å². The maximum absolute atomic E-state index is 4.94. The zero-order valence-corrected chi connectivity index (χ0v) is 26.7. The second-order valence-electron chi connectivity index (χ2n) is 7.78. The van der Waals surface area contributed by atoms with Crippen molar-refractivity contribution in [3.63, 3.8) is 0 Å². The predicted octanol–water partition coefficient (Wildman–Crippen LogP) is 2.58. The Bertz CT molecular complexity index is 546. The molecule has 2 aliphatic rings. The van der Waals surface area contributed by atoms with Gasteiger partial charge in [-0.15, -0.1) is 24.5 Å². The Balaban J connectivity index is -0.000000400. The molecule has 2 fully saturated rings. The van der Waals surface area contributed by atoms with Gasteiger partial charge in [-0.2, -0.15) is 0 Å². The summed E-state index contributed by atoms with van der Waals surface area (Å²) in [5.41, 5.74) is 2.20. The van der Waals surface area contributed by atoms with Gasteiger partial charge < -0.3 is 44.9 Å².